The number of nitrogens with two attached hydrogens (primary N) is 1. The van der Waals surface area contributed by atoms with E-state index >= 15 is 0 Å². The van der Waals surface area contributed by atoms with Gasteiger partial charge in [0.25, 0.3) is 0 Å². The van der Waals surface area contributed by atoms with Gasteiger partial charge in [-0.2, -0.15) is 0 Å². The molecule has 0 fully saturated rings. The van der Waals surface area contributed by atoms with Gasteiger partial charge in [0.15, 0.2) is 0 Å². The summed E-state index contributed by atoms with van der Waals surface area (Å²) in [5.41, 5.74) is 10.2. The van der Waals surface area contributed by atoms with Crippen LogP contribution in [0.1, 0.15) is 56.6 Å². The topological polar surface area (TPSA) is 55.4 Å². The van der Waals surface area contributed by atoms with E-state index in [0.717, 1.165) is 60.2 Å². The minimum Gasteiger partial charge on any atom is -0.325 e. The maximum atomic E-state index is 10.7. The van der Waals surface area contributed by atoms with Crippen molar-refractivity contribution in [1.29, 1.82) is 0 Å². The largest absolute Gasteiger partial charge is 0.325 e. The molecule has 3 nitrogen and oxygen atoms in total. The minimum atomic E-state index is -1.40. The molecule has 1 aliphatic rings. The van der Waals surface area contributed by atoms with Gasteiger partial charge in [-0.25, -0.2) is 0 Å². The molecule has 3 rings (SSSR count). The van der Waals surface area contributed by atoms with Crippen LogP contribution in [0.15, 0.2) is 81.0 Å². The third kappa shape index (κ3) is 8.57. The summed E-state index contributed by atoms with van der Waals surface area (Å²) in [7, 11) is -1.40. The monoisotopic (exact) mass is 514 g/mol. The number of nitroso groups, excluding NO2 is 1. The Morgan fingerprint density at radius 3 is 2.65 bits per heavy atom. The zero-order chi connectivity index (χ0) is 24.4. The van der Waals surface area contributed by atoms with Crippen LogP contribution in [0.3, 0.4) is 0 Å². The molecule has 2 N–H and O–H groups in total. The van der Waals surface area contributed by atoms with Crippen LogP contribution in [0.4, 0.5) is 0 Å². The highest BCUT2D eigenvalue weighted by atomic mass is 35.5. The second kappa shape index (κ2) is 13.5. The fraction of sp³-hybridized carbons (Fsp3) is 0.393. The molecule has 0 saturated heterocycles. The molecule has 0 aliphatic heterocycles. The zero-order valence-corrected chi connectivity index (χ0v) is 22.6. The Balaban J connectivity index is 1.57. The van der Waals surface area contributed by atoms with Crippen molar-refractivity contribution in [2.24, 2.45) is 10.7 Å². The van der Waals surface area contributed by atoms with Crippen LogP contribution in [0, 0.1) is 4.91 Å². The van der Waals surface area contributed by atoms with E-state index in [1.54, 1.807) is 11.8 Å². The van der Waals surface area contributed by atoms with Gasteiger partial charge >= 0.3 is 0 Å². The van der Waals surface area contributed by atoms with E-state index in [1.165, 1.54) is 28.9 Å². The molecule has 2 aromatic carbocycles. The van der Waals surface area contributed by atoms with Crippen LogP contribution in [0.5, 0.6) is 0 Å². The molecular formula is C28H36ClN2OPS. The van der Waals surface area contributed by atoms with Crippen LogP contribution in [0.2, 0.25) is 5.02 Å². The number of allylic oxidation sites excluding steroid dienone is 4. The van der Waals surface area contributed by atoms with Crippen LogP contribution in [-0.4, -0.2) is 18.0 Å². The number of hydrogen-bond donors (Lipinski definition) is 1. The highest BCUT2D eigenvalue weighted by Crippen LogP contribution is 2.33. The van der Waals surface area contributed by atoms with Crippen molar-refractivity contribution in [1.82, 2.24) is 0 Å². The van der Waals surface area contributed by atoms with Crippen molar-refractivity contribution in [2.45, 2.75) is 73.6 Å². The molecule has 2 aromatic rings. The summed E-state index contributed by atoms with van der Waals surface area (Å²) in [5.74, 6) is 0. The molecule has 0 aromatic heterocycles. The molecule has 1 unspecified atom stereocenters. The first-order valence-corrected chi connectivity index (χ1v) is 15.2. The van der Waals surface area contributed by atoms with E-state index in [-0.39, 0.29) is 5.54 Å². The third-order valence-corrected chi connectivity index (χ3v) is 8.99. The molecule has 182 valence electrons. The Kier molecular flexibility index (Phi) is 10.7. The standard InChI is InChI=1S/C28H36ClN2OPS/c1-3-28(30,18-19-33(2)31-32)17-16-24-14-15-26(21-27(24)29)34-25-11-7-10-23(20-25)13-12-22-8-5-4-6-9-22/h5,7-11,14-15,20-21,33H,2-4,6,12-13,16-19,30H2,1H3/t28-/m0/s1. The van der Waals surface area contributed by atoms with Crippen LogP contribution < -0.4 is 5.73 Å². The molecule has 0 heterocycles. The zero-order valence-electron chi connectivity index (χ0n) is 20.1. The summed E-state index contributed by atoms with van der Waals surface area (Å²) >= 11 is 8.40. The van der Waals surface area contributed by atoms with E-state index in [0.29, 0.717) is 0 Å². The second-order valence-electron chi connectivity index (χ2n) is 9.13. The van der Waals surface area contributed by atoms with E-state index < -0.39 is 7.70 Å². The molecule has 0 spiro atoms. The molecule has 0 radical (unpaired) electrons. The van der Waals surface area contributed by atoms with Gasteiger partial charge in [-0.05, 0) is 92.9 Å². The summed E-state index contributed by atoms with van der Waals surface area (Å²) < 4.78 is 0. The number of nitrogens with zero attached hydrogens (tertiary/aromatic N) is 1. The fourth-order valence-corrected chi connectivity index (χ4v) is 6.30. The Bertz CT molecular complexity index is 1070. The maximum Gasteiger partial charge on any atom is 0.0449 e. The lowest BCUT2D eigenvalue weighted by Gasteiger charge is -2.28. The van der Waals surface area contributed by atoms with Crippen LogP contribution >= 0.6 is 31.1 Å². The lowest BCUT2D eigenvalue weighted by atomic mass is 9.87. The van der Waals surface area contributed by atoms with Crippen molar-refractivity contribution < 1.29 is 0 Å². The third-order valence-electron chi connectivity index (χ3n) is 6.57. The number of aryl methyl sites for hydroxylation is 2. The molecule has 34 heavy (non-hydrogen) atoms. The van der Waals surface area contributed by atoms with E-state index in [4.69, 9.17) is 17.3 Å². The van der Waals surface area contributed by atoms with Gasteiger partial charge < -0.3 is 5.73 Å². The first-order chi connectivity index (χ1) is 16.4. The Labute approximate surface area is 214 Å². The molecule has 0 amide bonds. The summed E-state index contributed by atoms with van der Waals surface area (Å²) in [6.45, 7) is 2.10. The van der Waals surface area contributed by atoms with Gasteiger partial charge in [0.1, 0.15) is 0 Å². The van der Waals surface area contributed by atoms with Crippen molar-refractivity contribution >= 4 is 37.4 Å². The SMILES string of the molecule is C=[PH](CC[C@](N)(CC)CCc1ccc(Sc2cccc(CCC3=CCCC=C3)c2)cc1Cl)N=O. The average Bonchev–Trinajstić information content (AvgIpc) is 2.86. The van der Waals surface area contributed by atoms with Crippen molar-refractivity contribution in [3.05, 3.63) is 87.3 Å². The van der Waals surface area contributed by atoms with Crippen LogP contribution in [-0.2, 0) is 12.8 Å². The lowest BCUT2D eigenvalue weighted by Crippen LogP contribution is -2.40. The first kappa shape index (κ1) is 27.0. The smallest absolute Gasteiger partial charge is 0.0449 e. The first-order valence-electron chi connectivity index (χ1n) is 12.1. The van der Waals surface area contributed by atoms with E-state index in [1.807, 2.05) is 0 Å². The van der Waals surface area contributed by atoms with Gasteiger partial charge in [0.05, 0.1) is 0 Å². The summed E-state index contributed by atoms with van der Waals surface area (Å²) in [4.78, 5) is 16.1. The van der Waals surface area contributed by atoms with E-state index in [9.17, 15) is 4.91 Å². The quantitative estimate of drug-likeness (QED) is 0.215. The molecule has 6 heteroatoms. The minimum absolute atomic E-state index is 0.307. The molecular weight excluding hydrogens is 479 g/mol. The fourth-order valence-electron chi connectivity index (χ4n) is 4.14. The number of halogens is 1. The summed E-state index contributed by atoms with van der Waals surface area (Å²) in [6, 6.07) is 15.1. The predicted molar refractivity (Wildman–Crippen MR) is 153 cm³/mol. The molecule has 1 aliphatic carbocycles. The number of rotatable bonds is 13. The van der Waals surface area contributed by atoms with Crippen LogP contribution in [0.25, 0.3) is 0 Å². The Morgan fingerprint density at radius 2 is 1.94 bits per heavy atom. The Hall–Kier alpha value is -1.58. The van der Waals surface area contributed by atoms with Gasteiger partial charge in [-0.15, -0.1) is 4.91 Å². The van der Waals surface area contributed by atoms with Gasteiger partial charge in [0, 0.05) is 28.0 Å². The Morgan fingerprint density at radius 1 is 1.12 bits per heavy atom. The average molecular weight is 515 g/mol. The number of hydrogen-bond acceptors (Lipinski definition) is 4. The molecule has 2 atom stereocenters. The second-order valence-corrected chi connectivity index (χ2v) is 12.5. The highest BCUT2D eigenvalue weighted by molar-refractivity contribution is 7.99. The number of benzene rings is 2. The van der Waals surface area contributed by atoms with Gasteiger partial charge in [-0.3, -0.25) is 0 Å². The predicted octanol–water partition coefficient (Wildman–Crippen LogP) is 8.46. The summed E-state index contributed by atoms with van der Waals surface area (Å²) in [6.07, 6.45) is 19.2. The molecule has 0 bridgehead atoms. The normalized spacial score (nSPS) is 16.0. The van der Waals surface area contributed by atoms with Gasteiger partial charge in [-0.1, -0.05) is 83.5 Å². The maximum absolute atomic E-state index is 10.7. The van der Waals surface area contributed by atoms with Crippen molar-refractivity contribution in [3.63, 3.8) is 0 Å². The van der Waals surface area contributed by atoms with Crippen molar-refractivity contribution in [2.75, 3.05) is 6.16 Å². The highest BCUT2D eigenvalue weighted by Gasteiger charge is 2.23. The summed E-state index contributed by atoms with van der Waals surface area (Å²) in [5, 5.41) is 0.784. The van der Waals surface area contributed by atoms with Gasteiger partial charge in [0.2, 0.25) is 0 Å². The van der Waals surface area contributed by atoms with Crippen molar-refractivity contribution in [3.8, 4) is 0 Å². The molecule has 0 saturated carbocycles. The van der Waals surface area contributed by atoms with E-state index in [2.05, 4.69) is 78.9 Å². The lowest BCUT2D eigenvalue weighted by molar-refractivity contribution is 0.370.